The van der Waals surface area contributed by atoms with Crippen molar-refractivity contribution in [2.45, 2.75) is 30.7 Å². The number of piperazine rings is 1. The van der Waals surface area contributed by atoms with Crippen molar-refractivity contribution in [3.63, 3.8) is 0 Å². The van der Waals surface area contributed by atoms with Gasteiger partial charge < -0.3 is 10.2 Å². The first-order valence-corrected chi connectivity index (χ1v) is 9.47. The highest BCUT2D eigenvalue weighted by Gasteiger charge is 2.34. The minimum absolute atomic E-state index is 0.103. The van der Waals surface area contributed by atoms with E-state index in [1.54, 1.807) is 29.2 Å². The van der Waals surface area contributed by atoms with Gasteiger partial charge >= 0.3 is 0 Å². The number of amides is 2. The van der Waals surface area contributed by atoms with Crippen molar-refractivity contribution < 1.29 is 18.0 Å². The van der Waals surface area contributed by atoms with Gasteiger partial charge in [0.25, 0.3) is 0 Å². The number of hydrogen-bond acceptors (Lipinski definition) is 4. The Kier molecular flexibility index (Phi) is 4.60. The zero-order valence-corrected chi connectivity index (χ0v) is 14.4. The van der Waals surface area contributed by atoms with E-state index < -0.39 is 16.1 Å². The predicted molar refractivity (Wildman–Crippen MR) is 87.7 cm³/mol. The van der Waals surface area contributed by atoms with Crippen molar-refractivity contribution in [1.29, 1.82) is 0 Å². The first-order chi connectivity index (χ1) is 11.4. The van der Waals surface area contributed by atoms with Gasteiger partial charge in [-0.3, -0.25) is 9.59 Å². The summed E-state index contributed by atoms with van der Waals surface area (Å²) in [5, 5.41) is 2.66. The van der Waals surface area contributed by atoms with E-state index in [1.165, 1.54) is 4.31 Å². The summed E-state index contributed by atoms with van der Waals surface area (Å²) < 4.78 is 26.7. The molecule has 2 amide bonds. The predicted octanol–water partition coefficient (Wildman–Crippen LogP) is 0.107. The van der Waals surface area contributed by atoms with Crippen molar-refractivity contribution in [3.8, 4) is 0 Å². The van der Waals surface area contributed by atoms with E-state index in [2.05, 4.69) is 5.32 Å². The maximum absolute atomic E-state index is 12.6. The summed E-state index contributed by atoms with van der Waals surface area (Å²) in [5.41, 5.74) is 1.00. The molecule has 1 N–H and O–H groups in total. The molecule has 0 saturated carbocycles. The fraction of sp³-hybridized carbons (Fsp3) is 0.500. The molecule has 2 aliphatic rings. The lowest BCUT2D eigenvalue weighted by Crippen LogP contribution is -2.54. The summed E-state index contributed by atoms with van der Waals surface area (Å²) in [6, 6.07) is 6.30. The molecule has 2 heterocycles. The third-order valence-electron chi connectivity index (χ3n) is 4.50. The van der Waals surface area contributed by atoms with Crippen LogP contribution in [0.3, 0.4) is 0 Å². The number of benzene rings is 1. The lowest BCUT2D eigenvalue weighted by molar-refractivity contribution is -0.135. The number of aryl methyl sites for hydroxylation is 1. The molecule has 2 saturated heterocycles. The van der Waals surface area contributed by atoms with E-state index in [0.29, 0.717) is 25.9 Å². The average Bonchev–Trinajstić information content (AvgIpc) is 3.01. The van der Waals surface area contributed by atoms with Gasteiger partial charge in [0.05, 0.1) is 4.90 Å². The Bertz CT molecular complexity index is 737. The molecule has 24 heavy (non-hydrogen) atoms. The molecule has 1 atom stereocenters. The van der Waals surface area contributed by atoms with E-state index in [1.807, 2.05) is 6.92 Å². The quantitative estimate of drug-likeness (QED) is 0.837. The fourth-order valence-corrected chi connectivity index (χ4v) is 4.45. The highest BCUT2D eigenvalue weighted by atomic mass is 32.2. The van der Waals surface area contributed by atoms with Crippen molar-refractivity contribution in [2.75, 3.05) is 26.2 Å². The molecule has 0 unspecified atom stereocenters. The Morgan fingerprint density at radius 2 is 1.75 bits per heavy atom. The van der Waals surface area contributed by atoms with Crippen LogP contribution in [0.15, 0.2) is 29.2 Å². The van der Waals surface area contributed by atoms with Gasteiger partial charge in [0, 0.05) is 32.6 Å². The third kappa shape index (κ3) is 3.29. The largest absolute Gasteiger partial charge is 0.344 e. The van der Waals surface area contributed by atoms with E-state index in [-0.39, 0.29) is 29.8 Å². The maximum Gasteiger partial charge on any atom is 0.245 e. The number of nitrogens with zero attached hydrogens (tertiary/aromatic N) is 2. The van der Waals surface area contributed by atoms with Crippen LogP contribution in [-0.4, -0.2) is 61.7 Å². The smallest absolute Gasteiger partial charge is 0.245 e. The Morgan fingerprint density at radius 1 is 1.12 bits per heavy atom. The lowest BCUT2D eigenvalue weighted by Gasteiger charge is -2.35. The van der Waals surface area contributed by atoms with E-state index >= 15 is 0 Å². The van der Waals surface area contributed by atoms with E-state index in [4.69, 9.17) is 0 Å². The second-order valence-corrected chi connectivity index (χ2v) is 8.14. The molecule has 130 valence electrons. The zero-order valence-electron chi connectivity index (χ0n) is 13.6. The molecule has 1 aromatic carbocycles. The maximum atomic E-state index is 12.6. The minimum atomic E-state index is -3.53. The second kappa shape index (κ2) is 6.52. The molecule has 3 rings (SSSR count). The van der Waals surface area contributed by atoms with Crippen molar-refractivity contribution in [2.24, 2.45) is 0 Å². The fourth-order valence-electron chi connectivity index (χ4n) is 3.03. The molecule has 0 radical (unpaired) electrons. The van der Waals surface area contributed by atoms with E-state index in [0.717, 1.165) is 5.56 Å². The van der Waals surface area contributed by atoms with Crippen LogP contribution >= 0.6 is 0 Å². The molecule has 7 nitrogen and oxygen atoms in total. The molecule has 0 spiro atoms. The molecule has 0 bridgehead atoms. The Hall–Kier alpha value is -1.93. The lowest BCUT2D eigenvalue weighted by atomic mass is 10.2. The van der Waals surface area contributed by atoms with Crippen molar-refractivity contribution in [3.05, 3.63) is 29.8 Å². The first kappa shape index (κ1) is 16.9. The molecular weight excluding hydrogens is 330 g/mol. The number of carbonyl (C=O) groups is 2. The summed E-state index contributed by atoms with van der Waals surface area (Å²) in [5.74, 6) is -0.220. The minimum Gasteiger partial charge on any atom is -0.344 e. The van der Waals surface area contributed by atoms with Crippen LogP contribution in [0.2, 0.25) is 0 Å². The van der Waals surface area contributed by atoms with Crippen LogP contribution < -0.4 is 5.32 Å². The topological polar surface area (TPSA) is 86.8 Å². The molecule has 0 aliphatic carbocycles. The standard InChI is InChI=1S/C16H21N3O4S/c1-12-2-4-13(5-3-12)24(22,23)19-10-8-18(9-11-19)16(21)14-6-7-15(20)17-14/h2-5,14H,6-11H2,1H3,(H,17,20)/t14-/m0/s1. The first-order valence-electron chi connectivity index (χ1n) is 8.03. The summed E-state index contributed by atoms with van der Waals surface area (Å²) >= 11 is 0. The number of sulfonamides is 1. The molecule has 1 aromatic rings. The van der Waals surface area contributed by atoms with Crippen LogP contribution in [0.5, 0.6) is 0 Å². The molecule has 2 aliphatic heterocycles. The SMILES string of the molecule is Cc1ccc(S(=O)(=O)N2CCN(C(=O)[C@@H]3CCC(=O)N3)CC2)cc1. The second-order valence-electron chi connectivity index (χ2n) is 6.20. The molecule has 0 aromatic heterocycles. The summed E-state index contributed by atoms with van der Waals surface area (Å²) in [4.78, 5) is 25.5. The Labute approximate surface area is 141 Å². The van der Waals surface area contributed by atoms with Crippen molar-refractivity contribution >= 4 is 21.8 Å². The average molecular weight is 351 g/mol. The van der Waals surface area contributed by atoms with Gasteiger partial charge in [-0.1, -0.05) is 17.7 Å². The van der Waals surface area contributed by atoms with Gasteiger partial charge in [0.15, 0.2) is 0 Å². The van der Waals surface area contributed by atoms with Crippen LogP contribution in [0.25, 0.3) is 0 Å². The monoisotopic (exact) mass is 351 g/mol. The third-order valence-corrected chi connectivity index (χ3v) is 6.42. The van der Waals surface area contributed by atoms with Gasteiger partial charge in [-0.15, -0.1) is 0 Å². The van der Waals surface area contributed by atoms with Gasteiger partial charge in [-0.05, 0) is 25.5 Å². The highest BCUT2D eigenvalue weighted by molar-refractivity contribution is 7.89. The number of carbonyl (C=O) groups excluding carboxylic acids is 2. The van der Waals surface area contributed by atoms with Crippen LogP contribution in [0.1, 0.15) is 18.4 Å². The summed E-state index contributed by atoms with van der Waals surface area (Å²) in [7, 11) is -3.53. The molecular formula is C16H21N3O4S. The summed E-state index contributed by atoms with van der Waals surface area (Å²) in [6.07, 6.45) is 0.887. The van der Waals surface area contributed by atoms with Gasteiger partial charge in [-0.25, -0.2) is 8.42 Å². The van der Waals surface area contributed by atoms with Gasteiger partial charge in [-0.2, -0.15) is 4.31 Å². The normalized spacial score (nSPS) is 22.5. The number of hydrogen-bond donors (Lipinski definition) is 1. The van der Waals surface area contributed by atoms with E-state index in [9.17, 15) is 18.0 Å². The Balaban J connectivity index is 1.63. The van der Waals surface area contributed by atoms with Crippen LogP contribution in [-0.2, 0) is 19.6 Å². The van der Waals surface area contributed by atoms with Gasteiger partial charge in [0.2, 0.25) is 21.8 Å². The highest BCUT2D eigenvalue weighted by Crippen LogP contribution is 2.19. The zero-order chi connectivity index (χ0) is 17.3. The van der Waals surface area contributed by atoms with Crippen LogP contribution in [0.4, 0.5) is 0 Å². The molecule has 8 heteroatoms. The van der Waals surface area contributed by atoms with Gasteiger partial charge in [0.1, 0.15) is 6.04 Å². The van der Waals surface area contributed by atoms with Crippen molar-refractivity contribution in [1.82, 2.24) is 14.5 Å². The Morgan fingerprint density at radius 3 is 2.29 bits per heavy atom. The summed E-state index contributed by atoms with van der Waals surface area (Å²) in [6.45, 7) is 3.13. The van der Waals surface area contributed by atoms with Crippen LogP contribution in [0, 0.1) is 6.92 Å². The molecule has 2 fully saturated rings. The number of rotatable bonds is 3. The number of nitrogens with one attached hydrogen (secondary N) is 1.